The molecule has 4 nitrogen and oxygen atoms in total. The lowest BCUT2D eigenvalue weighted by Gasteiger charge is -2.51. The summed E-state index contributed by atoms with van der Waals surface area (Å²) in [5.74, 6) is 0. The molecule has 0 aliphatic carbocycles. The van der Waals surface area contributed by atoms with E-state index in [1.807, 2.05) is 20.8 Å². The molecule has 0 aromatic heterocycles. The van der Waals surface area contributed by atoms with E-state index in [4.69, 9.17) is 13.3 Å². The highest BCUT2D eigenvalue weighted by Crippen LogP contribution is 2.35. The number of rotatable bonds is 15. The van der Waals surface area contributed by atoms with E-state index in [9.17, 15) is 0 Å². The first kappa shape index (κ1) is 29.7. The highest BCUT2D eigenvalue weighted by Gasteiger charge is 2.44. The van der Waals surface area contributed by atoms with Crippen LogP contribution in [0, 0.1) is 0 Å². The first-order valence-corrected chi connectivity index (χ1v) is 18.1. The van der Waals surface area contributed by atoms with Gasteiger partial charge in [-0.2, -0.15) is 0 Å². The van der Waals surface area contributed by atoms with Crippen molar-refractivity contribution in [3.05, 3.63) is 0 Å². The molecule has 0 rings (SSSR count). The third-order valence-corrected chi connectivity index (χ3v) is 21.8. The van der Waals surface area contributed by atoms with Crippen LogP contribution in [0.4, 0.5) is 0 Å². The van der Waals surface area contributed by atoms with E-state index in [2.05, 4.69) is 52.7 Å². The Morgan fingerprint density at radius 2 is 0.778 bits per heavy atom. The molecule has 166 valence electrons. The highest BCUT2D eigenvalue weighted by atomic mass is 28.4. The van der Waals surface area contributed by atoms with Gasteiger partial charge in [-0.05, 0) is 63.6 Å². The van der Waals surface area contributed by atoms with E-state index in [1.54, 1.807) is 0 Å². The van der Waals surface area contributed by atoms with Crippen molar-refractivity contribution in [3.63, 3.8) is 0 Å². The van der Waals surface area contributed by atoms with E-state index in [1.165, 1.54) is 42.8 Å². The maximum Gasteiger partial charge on any atom is 0.484 e. The minimum absolute atomic E-state index is 0.677. The van der Waals surface area contributed by atoms with Crippen molar-refractivity contribution < 1.29 is 13.3 Å². The van der Waals surface area contributed by atoms with Crippen LogP contribution in [0.25, 0.3) is 0 Å². The Morgan fingerprint density at radius 1 is 0.519 bits per heavy atom. The van der Waals surface area contributed by atoms with Crippen LogP contribution in [0.2, 0.25) is 36.3 Å². The molecule has 0 unspecified atom stereocenters. The monoisotopic (exact) mass is 437 g/mol. The summed E-state index contributed by atoms with van der Waals surface area (Å²) in [4.78, 5) is 0. The van der Waals surface area contributed by atoms with Crippen molar-refractivity contribution in [2.75, 3.05) is 26.4 Å². The molecule has 0 atom stereocenters. The number of hydrogen-bond donors (Lipinski definition) is 0. The molecule has 0 spiro atoms. The zero-order chi connectivity index (χ0) is 21.3. The van der Waals surface area contributed by atoms with Crippen molar-refractivity contribution in [2.24, 2.45) is 0 Å². The van der Waals surface area contributed by atoms with E-state index < -0.39 is 26.0 Å². The van der Waals surface area contributed by atoms with Crippen LogP contribution in [-0.2, 0) is 13.3 Å². The minimum atomic E-state index is -1.73. The molecule has 27 heavy (non-hydrogen) atoms. The van der Waals surface area contributed by atoms with Gasteiger partial charge in [0.1, 0.15) is 16.5 Å². The van der Waals surface area contributed by atoms with Gasteiger partial charge in [-0.3, -0.25) is 0 Å². The Balaban J connectivity index is 0. The number of hydrogen-bond acceptors (Lipinski definition) is 4. The summed E-state index contributed by atoms with van der Waals surface area (Å²) in [5.41, 5.74) is 0. The van der Waals surface area contributed by atoms with Crippen molar-refractivity contribution in [1.29, 1.82) is 0 Å². The van der Waals surface area contributed by atoms with Crippen molar-refractivity contribution in [3.8, 4) is 0 Å². The summed E-state index contributed by atoms with van der Waals surface area (Å²) in [5, 5.41) is 0. The van der Waals surface area contributed by atoms with Gasteiger partial charge in [-0.15, -0.1) is 0 Å². The molecule has 0 aliphatic heterocycles. The lowest BCUT2D eigenvalue weighted by atomic mass is 10.8. The summed E-state index contributed by atoms with van der Waals surface area (Å²) < 4.78 is 18.8. The molecule has 0 bridgehead atoms. The molecule has 7 heteroatoms. The maximum absolute atomic E-state index is 5.22. The van der Waals surface area contributed by atoms with Crippen LogP contribution in [0.15, 0.2) is 0 Å². The molecule has 0 fully saturated rings. The molecule has 0 aromatic carbocycles. The van der Waals surface area contributed by atoms with Crippen LogP contribution < -0.4 is 0 Å². The summed E-state index contributed by atoms with van der Waals surface area (Å²) >= 11 is 0. The molecule has 0 aliphatic rings. The van der Waals surface area contributed by atoms with E-state index in [0.29, 0.717) is 19.8 Å². The van der Waals surface area contributed by atoms with Gasteiger partial charge in [0.25, 0.3) is 0 Å². The predicted octanol–water partition coefficient (Wildman–Crippen LogP) is 6.13. The molecule has 0 amide bonds. The Hall–Kier alpha value is 0.491. The molecule has 0 radical (unpaired) electrons. The summed E-state index contributed by atoms with van der Waals surface area (Å²) in [6.07, 6.45) is 0. The fraction of sp³-hybridized carbons (Fsp3) is 1.00. The van der Waals surface area contributed by atoms with Gasteiger partial charge in [0.15, 0.2) is 0 Å². The van der Waals surface area contributed by atoms with Gasteiger partial charge >= 0.3 is 9.53 Å². The second-order valence-electron chi connectivity index (χ2n) is 6.97. The molecular weight excluding hydrogens is 386 g/mol. The fourth-order valence-electron chi connectivity index (χ4n) is 4.37. The fourth-order valence-corrected chi connectivity index (χ4v) is 19.0. The minimum Gasteiger partial charge on any atom is -0.376 e. The van der Waals surface area contributed by atoms with Gasteiger partial charge < -0.3 is 17.5 Å². The second-order valence-corrected chi connectivity index (χ2v) is 19.2. The highest BCUT2D eigenvalue weighted by molar-refractivity contribution is 6.92. The van der Waals surface area contributed by atoms with Gasteiger partial charge in [0.05, 0.1) is 0 Å². The van der Waals surface area contributed by atoms with Crippen LogP contribution >= 0.6 is 0 Å². The zero-order valence-electron chi connectivity index (χ0n) is 20.3. The third-order valence-electron chi connectivity index (χ3n) is 6.32. The normalized spacial score (nSPS) is 12.4. The lowest BCUT2D eigenvalue weighted by molar-refractivity contribution is 0.107. The van der Waals surface area contributed by atoms with Crippen molar-refractivity contribution in [1.82, 2.24) is 4.23 Å². The van der Waals surface area contributed by atoms with Crippen molar-refractivity contribution in [2.45, 2.75) is 106 Å². The summed E-state index contributed by atoms with van der Waals surface area (Å²) in [6.45, 7) is 26.3. The van der Waals surface area contributed by atoms with E-state index >= 15 is 0 Å². The number of nitrogens with zero attached hydrogens (tertiary/aromatic N) is 1. The maximum atomic E-state index is 5.22. The smallest absolute Gasteiger partial charge is 0.376 e. The average Bonchev–Trinajstić information content (AvgIpc) is 2.70. The van der Waals surface area contributed by atoms with Gasteiger partial charge in [-0.1, -0.05) is 48.5 Å². The Kier molecular flexibility index (Phi) is 19.1. The molecule has 0 heterocycles. The van der Waals surface area contributed by atoms with Gasteiger partial charge in [0, 0.05) is 19.8 Å². The molecule has 0 saturated heterocycles. The quantitative estimate of drug-likeness (QED) is 0.288. The van der Waals surface area contributed by atoms with Crippen molar-refractivity contribution >= 4 is 26.0 Å². The first-order valence-electron chi connectivity index (χ1n) is 11.5. The molecule has 0 saturated carbocycles. The molecular formula is C20H51NO3Si3. The van der Waals surface area contributed by atoms with Gasteiger partial charge in [-0.25, -0.2) is 0 Å². The van der Waals surface area contributed by atoms with Crippen LogP contribution in [0.1, 0.15) is 69.2 Å². The standard InChI is InChI=1S/C14H35NSi2.C6H16O3Si/c1-8-15(16(9-2,10-3)11-4)17(12-5,13-6)14-7;1-4-7-10(8-5-2)9-6-3/h8-14H2,1-7H3;10H,4-6H2,1-3H3. The SMILES string of the molecule is CCN([Si](CC)(CC)CC)[Si](CC)(CC)CC.CCO[SiH](OCC)OCC. The largest absolute Gasteiger partial charge is 0.484 e. The van der Waals surface area contributed by atoms with Crippen LogP contribution in [0.5, 0.6) is 0 Å². The molecule has 0 aromatic rings. The van der Waals surface area contributed by atoms with Crippen LogP contribution in [-0.4, -0.2) is 56.6 Å². The predicted molar refractivity (Wildman–Crippen MR) is 129 cm³/mol. The van der Waals surface area contributed by atoms with E-state index in [0.717, 1.165) is 0 Å². The van der Waals surface area contributed by atoms with E-state index in [-0.39, 0.29) is 0 Å². The average molecular weight is 438 g/mol. The Bertz CT molecular complexity index is 277. The topological polar surface area (TPSA) is 30.9 Å². The molecule has 0 N–H and O–H groups in total. The Morgan fingerprint density at radius 3 is 0.926 bits per heavy atom. The second kappa shape index (κ2) is 17.4. The van der Waals surface area contributed by atoms with Crippen LogP contribution in [0.3, 0.4) is 0 Å². The Labute approximate surface area is 175 Å². The zero-order valence-corrected chi connectivity index (χ0v) is 23.5. The van der Waals surface area contributed by atoms with Gasteiger partial charge in [0.2, 0.25) is 0 Å². The summed E-state index contributed by atoms with van der Waals surface area (Å²) in [7, 11) is -4.03. The lowest BCUT2D eigenvalue weighted by Crippen LogP contribution is -2.65. The summed E-state index contributed by atoms with van der Waals surface area (Å²) in [6, 6.07) is 8.68. The first-order chi connectivity index (χ1) is 12.9. The third kappa shape index (κ3) is 9.23.